The number of amides is 1. The maximum absolute atomic E-state index is 12.0. The van der Waals surface area contributed by atoms with Crippen LogP contribution in [0.4, 0.5) is 0 Å². The zero-order valence-electron chi connectivity index (χ0n) is 8.67. The first-order valence-corrected chi connectivity index (χ1v) is 5.04. The Balaban J connectivity index is 2.18. The highest BCUT2D eigenvalue weighted by Crippen LogP contribution is 2.20. The summed E-state index contributed by atoms with van der Waals surface area (Å²) < 4.78 is 4.86. The van der Waals surface area contributed by atoms with Crippen LogP contribution in [-0.4, -0.2) is 34.4 Å². The van der Waals surface area contributed by atoms with Crippen molar-refractivity contribution < 1.29 is 14.4 Å². The summed E-state index contributed by atoms with van der Waals surface area (Å²) in [6, 6.07) is 1.29. The molecule has 1 atom stereocenters. The fourth-order valence-electron chi connectivity index (χ4n) is 1.94. The third-order valence-electron chi connectivity index (χ3n) is 2.74. The molecule has 1 saturated heterocycles. The second kappa shape index (κ2) is 4.26. The number of carbonyl (C=O) groups is 1. The zero-order valence-corrected chi connectivity index (χ0v) is 8.67. The Kier molecular flexibility index (Phi) is 2.80. The van der Waals surface area contributed by atoms with Gasteiger partial charge in [0.05, 0.1) is 17.9 Å². The molecule has 6 nitrogen and oxygen atoms in total. The van der Waals surface area contributed by atoms with Gasteiger partial charge < -0.3 is 20.3 Å². The summed E-state index contributed by atoms with van der Waals surface area (Å²) >= 11 is 0. The van der Waals surface area contributed by atoms with E-state index in [0.29, 0.717) is 12.1 Å². The van der Waals surface area contributed by atoms with Crippen LogP contribution in [-0.2, 0) is 0 Å². The molecule has 0 saturated carbocycles. The molecule has 1 aliphatic heterocycles. The van der Waals surface area contributed by atoms with Gasteiger partial charge in [-0.3, -0.25) is 4.79 Å². The van der Waals surface area contributed by atoms with E-state index in [9.17, 15) is 4.79 Å². The first-order chi connectivity index (χ1) is 7.74. The molecule has 86 valence electrons. The molecule has 0 aromatic carbocycles. The molecule has 0 radical (unpaired) electrons. The standard InChI is InChI=1S/C10H13N3O3/c11-9(12-15)8-2-1-4-13(8)10(14)7-3-5-16-6-7/h3,5-6,8,15H,1-2,4H2,(H2,11,12). The van der Waals surface area contributed by atoms with Gasteiger partial charge in [0.15, 0.2) is 5.84 Å². The molecule has 3 N–H and O–H groups in total. The van der Waals surface area contributed by atoms with Crippen molar-refractivity contribution in [1.82, 2.24) is 4.90 Å². The molecule has 0 spiro atoms. The monoisotopic (exact) mass is 223 g/mol. The van der Waals surface area contributed by atoms with Crippen LogP contribution in [0.1, 0.15) is 23.2 Å². The van der Waals surface area contributed by atoms with Gasteiger partial charge in [-0.15, -0.1) is 0 Å². The molecule has 6 heteroatoms. The van der Waals surface area contributed by atoms with Crippen molar-refractivity contribution >= 4 is 11.7 Å². The lowest BCUT2D eigenvalue weighted by atomic mass is 10.2. The summed E-state index contributed by atoms with van der Waals surface area (Å²) in [5, 5.41) is 11.6. The van der Waals surface area contributed by atoms with Gasteiger partial charge in [0.1, 0.15) is 6.26 Å². The summed E-state index contributed by atoms with van der Waals surface area (Å²) in [4.78, 5) is 13.6. The van der Waals surface area contributed by atoms with Crippen LogP contribution in [0.2, 0.25) is 0 Å². The number of likely N-dealkylation sites (tertiary alicyclic amines) is 1. The molecule has 2 heterocycles. The molecule has 0 bridgehead atoms. The van der Waals surface area contributed by atoms with E-state index in [1.165, 1.54) is 12.5 Å². The van der Waals surface area contributed by atoms with E-state index >= 15 is 0 Å². The van der Waals surface area contributed by atoms with Crippen molar-refractivity contribution in [2.45, 2.75) is 18.9 Å². The summed E-state index contributed by atoms with van der Waals surface area (Å²) in [5.74, 6) is -0.0720. The van der Waals surface area contributed by atoms with Crippen LogP contribution in [0.5, 0.6) is 0 Å². The van der Waals surface area contributed by atoms with E-state index in [0.717, 1.165) is 12.8 Å². The third-order valence-corrected chi connectivity index (χ3v) is 2.74. The Hall–Kier alpha value is -1.98. The predicted octanol–water partition coefficient (Wildman–Crippen LogP) is 0.631. The average Bonchev–Trinajstić information content (AvgIpc) is 2.97. The minimum atomic E-state index is -0.313. The van der Waals surface area contributed by atoms with Gasteiger partial charge in [-0.25, -0.2) is 0 Å². The molecule has 0 aliphatic carbocycles. The lowest BCUT2D eigenvalue weighted by Gasteiger charge is -2.22. The number of hydrogen-bond donors (Lipinski definition) is 2. The SMILES string of the molecule is NC(=NO)C1CCCN1C(=O)c1ccoc1. The van der Waals surface area contributed by atoms with Crippen molar-refractivity contribution in [3.05, 3.63) is 24.2 Å². The highest BCUT2D eigenvalue weighted by atomic mass is 16.4. The van der Waals surface area contributed by atoms with Crippen LogP contribution in [0.15, 0.2) is 28.2 Å². The Morgan fingerprint density at radius 2 is 2.50 bits per heavy atom. The van der Waals surface area contributed by atoms with Crippen molar-refractivity contribution in [1.29, 1.82) is 0 Å². The molecule has 1 aliphatic rings. The summed E-state index contributed by atoms with van der Waals surface area (Å²) in [7, 11) is 0. The number of carbonyl (C=O) groups excluding carboxylic acids is 1. The number of rotatable bonds is 2. The van der Waals surface area contributed by atoms with Crippen LogP contribution < -0.4 is 5.73 Å². The Bertz CT molecular complexity index is 399. The molecule has 1 aromatic heterocycles. The van der Waals surface area contributed by atoms with E-state index in [1.54, 1.807) is 11.0 Å². The molecule has 1 amide bonds. The van der Waals surface area contributed by atoms with E-state index in [4.69, 9.17) is 15.4 Å². The number of furan rings is 1. The summed E-state index contributed by atoms with van der Waals surface area (Å²) in [6.45, 7) is 0.616. The average molecular weight is 223 g/mol. The first kappa shape index (κ1) is 10.5. The second-order valence-corrected chi connectivity index (χ2v) is 3.69. The molecular formula is C10H13N3O3. The molecule has 2 rings (SSSR count). The summed E-state index contributed by atoms with van der Waals surface area (Å²) in [6.07, 6.45) is 4.41. The Morgan fingerprint density at radius 3 is 3.12 bits per heavy atom. The van der Waals surface area contributed by atoms with Gasteiger partial charge >= 0.3 is 0 Å². The fraction of sp³-hybridized carbons (Fsp3) is 0.400. The van der Waals surface area contributed by atoms with Gasteiger partial charge in [-0.2, -0.15) is 0 Å². The quantitative estimate of drug-likeness (QED) is 0.333. The first-order valence-electron chi connectivity index (χ1n) is 5.04. The van der Waals surface area contributed by atoms with Crippen LogP contribution in [0.3, 0.4) is 0 Å². The van der Waals surface area contributed by atoms with Crippen molar-refractivity contribution in [3.63, 3.8) is 0 Å². The van der Waals surface area contributed by atoms with Crippen LogP contribution in [0, 0.1) is 0 Å². The maximum Gasteiger partial charge on any atom is 0.257 e. The Labute approximate surface area is 92.3 Å². The topological polar surface area (TPSA) is 92.1 Å². The fourth-order valence-corrected chi connectivity index (χ4v) is 1.94. The molecule has 1 fully saturated rings. The number of nitrogens with two attached hydrogens (primary N) is 1. The molecular weight excluding hydrogens is 210 g/mol. The van der Waals surface area contributed by atoms with Crippen molar-refractivity contribution in [2.75, 3.05) is 6.54 Å². The van der Waals surface area contributed by atoms with Crippen molar-refractivity contribution in [3.8, 4) is 0 Å². The minimum Gasteiger partial charge on any atom is -0.472 e. The number of nitrogens with zero attached hydrogens (tertiary/aromatic N) is 2. The van der Waals surface area contributed by atoms with E-state index in [2.05, 4.69) is 5.16 Å². The van der Waals surface area contributed by atoms with Gasteiger partial charge in [0, 0.05) is 6.54 Å². The van der Waals surface area contributed by atoms with E-state index < -0.39 is 0 Å². The Morgan fingerprint density at radius 1 is 1.69 bits per heavy atom. The third kappa shape index (κ3) is 1.73. The number of hydrogen-bond acceptors (Lipinski definition) is 4. The van der Waals surface area contributed by atoms with Gasteiger partial charge in [0.25, 0.3) is 5.91 Å². The summed E-state index contributed by atoms with van der Waals surface area (Å²) in [5.41, 5.74) is 6.03. The highest BCUT2D eigenvalue weighted by molar-refractivity contribution is 5.98. The van der Waals surface area contributed by atoms with Gasteiger partial charge in [-0.1, -0.05) is 5.16 Å². The minimum absolute atomic E-state index is 0.0781. The smallest absolute Gasteiger partial charge is 0.257 e. The molecule has 1 unspecified atom stereocenters. The lowest BCUT2D eigenvalue weighted by Crippen LogP contribution is -2.43. The van der Waals surface area contributed by atoms with Crippen LogP contribution in [0.25, 0.3) is 0 Å². The number of amidine groups is 1. The van der Waals surface area contributed by atoms with E-state index in [1.807, 2.05) is 0 Å². The van der Waals surface area contributed by atoms with Gasteiger partial charge in [0.2, 0.25) is 0 Å². The predicted molar refractivity (Wildman–Crippen MR) is 56.2 cm³/mol. The van der Waals surface area contributed by atoms with Crippen LogP contribution >= 0.6 is 0 Å². The maximum atomic E-state index is 12.0. The highest BCUT2D eigenvalue weighted by Gasteiger charge is 2.32. The number of oxime groups is 1. The normalized spacial score (nSPS) is 21.4. The molecule has 1 aromatic rings. The lowest BCUT2D eigenvalue weighted by molar-refractivity contribution is 0.0767. The zero-order chi connectivity index (χ0) is 11.5. The van der Waals surface area contributed by atoms with E-state index in [-0.39, 0.29) is 17.8 Å². The second-order valence-electron chi connectivity index (χ2n) is 3.69. The molecule has 16 heavy (non-hydrogen) atoms. The van der Waals surface area contributed by atoms with Crippen molar-refractivity contribution in [2.24, 2.45) is 10.9 Å². The van der Waals surface area contributed by atoms with Gasteiger partial charge in [-0.05, 0) is 18.9 Å². The largest absolute Gasteiger partial charge is 0.472 e.